The third-order valence-electron chi connectivity index (χ3n) is 6.35. The predicted molar refractivity (Wildman–Crippen MR) is 154 cm³/mol. The fourth-order valence-electron chi connectivity index (χ4n) is 4.03. The van der Waals surface area contributed by atoms with E-state index in [2.05, 4.69) is 20.0 Å². The first-order valence-corrected chi connectivity index (χ1v) is 14.4. The standard InChI is InChI=1S/C29H25Cl2F2N3O4S.H2O/c30-22-14-35-15-23(31)21(22)11-25(18-5-7-24(40-29(32)33)26(10-18)38-16-17-3-4-17)39-28(37)27-8-6-20(41-27)13-36-19-2-1-9-34-12-19;/h1-2,5-10,12,14-15,17,25,29,36H,3-4,11,13,16H2;1H2/t25-;/m0./s1. The van der Waals surface area contributed by atoms with Crippen LogP contribution in [0.15, 0.2) is 67.3 Å². The fraction of sp³-hybridized carbons (Fsp3) is 0.276. The number of aromatic nitrogens is 2. The molecule has 0 aliphatic heterocycles. The van der Waals surface area contributed by atoms with Crippen LogP contribution in [0.5, 0.6) is 11.5 Å². The van der Waals surface area contributed by atoms with E-state index in [1.165, 1.54) is 17.4 Å². The van der Waals surface area contributed by atoms with Crippen molar-refractivity contribution in [3.05, 3.63) is 98.2 Å². The van der Waals surface area contributed by atoms with Crippen LogP contribution in [0.3, 0.4) is 0 Å². The molecule has 0 bridgehead atoms. The Morgan fingerprint density at radius 1 is 1.12 bits per heavy atom. The Labute approximate surface area is 254 Å². The van der Waals surface area contributed by atoms with Crippen LogP contribution in [0.25, 0.3) is 0 Å². The van der Waals surface area contributed by atoms with Gasteiger partial charge in [-0.1, -0.05) is 29.3 Å². The Kier molecular flexibility index (Phi) is 10.9. The van der Waals surface area contributed by atoms with Crippen LogP contribution in [0, 0.1) is 5.92 Å². The van der Waals surface area contributed by atoms with Gasteiger partial charge in [-0.3, -0.25) is 4.98 Å². The van der Waals surface area contributed by atoms with E-state index in [0.29, 0.717) is 45.1 Å². The molecule has 5 rings (SSSR count). The number of rotatable bonds is 13. The molecule has 0 saturated heterocycles. The van der Waals surface area contributed by atoms with Crippen molar-refractivity contribution < 1.29 is 38.2 Å². The molecule has 0 unspecified atom stereocenters. The SMILES string of the molecule is O=C(O[C@@H](Cc1c(Cl)c[nH+]cc1Cl)c1ccc(OC(F)F)c(OCC2CC2)c1)c1ccc(CNc2cccnc2)s1.[OH-]. The Morgan fingerprint density at radius 3 is 2.60 bits per heavy atom. The lowest BCUT2D eigenvalue weighted by Crippen LogP contribution is -2.15. The first-order valence-electron chi connectivity index (χ1n) is 12.8. The van der Waals surface area contributed by atoms with Gasteiger partial charge in [0.1, 0.15) is 21.0 Å². The highest BCUT2D eigenvalue weighted by Gasteiger charge is 2.27. The van der Waals surface area contributed by atoms with Gasteiger partial charge in [-0.15, -0.1) is 11.3 Å². The number of carbonyl (C=O) groups is 1. The molecule has 13 heteroatoms. The van der Waals surface area contributed by atoms with Crippen LogP contribution in [0.1, 0.15) is 44.6 Å². The van der Waals surface area contributed by atoms with Gasteiger partial charge in [0.15, 0.2) is 23.9 Å². The number of hydrogen-bond acceptors (Lipinski definition) is 8. The van der Waals surface area contributed by atoms with Crippen molar-refractivity contribution in [1.29, 1.82) is 0 Å². The quantitative estimate of drug-likeness (QED) is 0.154. The molecule has 0 radical (unpaired) electrons. The van der Waals surface area contributed by atoms with E-state index in [0.717, 1.165) is 23.4 Å². The molecule has 3 aromatic heterocycles. The molecule has 1 aliphatic carbocycles. The number of esters is 1. The summed E-state index contributed by atoms with van der Waals surface area (Å²) in [5.74, 6) is -0.112. The van der Waals surface area contributed by atoms with E-state index in [-0.39, 0.29) is 23.4 Å². The van der Waals surface area contributed by atoms with E-state index in [1.807, 2.05) is 18.2 Å². The van der Waals surface area contributed by atoms with Gasteiger partial charge in [-0.2, -0.15) is 8.78 Å². The molecule has 8 nitrogen and oxygen atoms in total. The summed E-state index contributed by atoms with van der Waals surface area (Å²) in [6, 6.07) is 11.8. The average Bonchev–Trinajstić information content (AvgIpc) is 3.67. The van der Waals surface area contributed by atoms with Crippen molar-refractivity contribution >= 4 is 46.2 Å². The van der Waals surface area contributed by atoms with Crippen LogP contribution in [-0.2, 0) is 17.7 Å². The molecule has 1 atom stereocenters. The molecular formula is C29H27Cl2F2N3O5S. The molecule has 1 saturated carbocycles. The first-order chi connectivity index (χ1) is 19.9. The number of carbonyl (C=O) groups excluding carboxylic acids is 1. The van der Waals surface area contributed by atoms with Crippen molar-refractivity contribution in [2.24, 2.45) is 5.92 Å². The maximum atomic E-state index is 13.3. The third kappa shape index (κ3) is 8.51. The monoisotopic (exact) mass is 637 g/mol. The average molecular weight is 639 g/mol. The Morgan fingerprint density at radius 2 is 1.90 bits per heavy atom. The van der Waals surface area contributed by atoms with Crippen molar-refractivity contribution in [1.82, 2.24) is 4.98 Å². The summed E-state index contributed by atoms with van der Waals surface area (Å²) < 4.78 is 42.7. The molecule has 1 fully saturated rings. The maximum absolute atomic E-state index is 13.3. The number of pyridine rings is 2. The highest BCUT2D eigenvalue weighted by Crippen LogP contribution is 2.38. The topological polar surface area (TPSA) is 114 Å². The van der Waals surface area contributed by atoms with Crippen LogP contribution >= 0.6 is 34.5 Å². The smallest absolute Gasteiger partial charge is 0.387 e. The lowest BCUT2D eigenvalue weighted by atomic mass is 10.0. The Hall–Kier alpha value is -3.51. The molecule has 222 valence electrons. The minimum Gasteiger partial charge on any atom is -0.870 e. The fourth-order valence-corrected chi connectivity index (χ4v) is 5.40. The first kappa shape index (κ1) is 31.4. The lowest BCUT2D eigenvalue weighted by molar-refractivity contribution is -0.377. The highest BCUT2D eigenvalue weighted by molar-refractivity contribution is 7.13. The highest BCUT2D eigenvalue weighted by atomic mass is 35.5. The Balaban J connectivity index is 0.00000405. The summed E-state index contributed by atoms with van der Waals surface area (Å²) in [7, 11) is 0. The number of halogens is 4. The zero-order valence-electron chi connectivity index (χ0n) is 22.1. The second kappa shape index (κ2) is 14.6. The van der Waals surface area contributed by atoms with Gasteiger partial charge in [0, 0.05) is 35.8 Å². The van der Waals surface area contributed by atoms with Gasteiger partial charge in [0.25, 0.3) is 0 Å². The normalized spacial score (nSPS) is 13.3. The van der Waals surface area contributed by atoms with Crippen molar-refractivity contribution in [3.8, 4) is 11.5 Å². The number of alkyl halides is 2. The van der Waals surface area contributed by atoms with Crippen molar-refractivity contribution in [2.45, 2.75) is 38.5 Å². The molecule has 4 aromatic rings. The van der Waals surface area contributed by atoms with Gasteiger partial charge < -0.3 is 25.0 Å². The number of nitrogens with one attached hydrogen (secondary N) is 2. The second-order valence-electron chi connectivity index (χ2n) is 9.43. The summed E-state index contributed by atoms with van der Waals surface area (Å²) in [6.07, 6.45) is 7.87. The second-order valence-corrected chi connectivity index (χ2v) is 11.4. The molecule has 42 heavy (non-hydrogen) atoms. The van der Waals surface area contributed by atoms with Crippen LogP contribution in [0.2, 0.25) is 10.0 Å². The molecule has 0 spiro atoms. The number of ether oxygens (including phenoxy) is 3. The molecule has 1 aliphatic rings. The third-order valence-corrected chi connectivity index (χ3v) is 8.09. The minimum atomic E-state index is -3.02. The van der Waals surface area contributed by atoms with Crippen LogP contribution in [-0.4, -0.2) is 29.6 Å². The van der Waals surface area contributed by atoms with Gasteiger partial charge in [-0.25, -0.2) is 9.78 Å². The molecular weight excluding hydrogens is 611 g/mol. The van der Waals surface area contributed by atoms with E-state index in [4.69, 9.17) is 32.7 Å². The molecule has 3 heterocycles. The van der Waals surface area contributed by atoms with E-state index in [9.17, 15) is 13.6 Å². The van der Waals surface area contributed by atoms with Crippen LogP contribution in [0.4, 0.5) is 14.5 Å². The Bertz CT molecular complexity index is 1470. The number of anilines is 1. The molecule has 0 amide bonds. The van der Waals surface area contributed by atoms with E-state index in [1.54, 1.807) is 43.0 Å². The van der Waals surface area contributed by atoms with Gasteiger partial charge in [0.2, 0.25) is 0 Å². The summed E-state index contributed by atoms with van der Waals surface area (Å²) in [4.78, 5) is 21.6. The van der Waals surface area contributed by atoms with E-state index >= 15 is 0 Å². The van der Waals surface area contributed by atoms with Gasteiger partial charge in [-0.05, 0) is 60.7 Å². The number of aromatic amines is 1. The predicted octanol–water partition coefficient (Wildman–Crippen LogP) is 7.23. The summed E-state index contributed by atoms with van der Waals surface area (Å²) >= 11 is 14.1. The van der Waals surface area contributed by atoms with Gasteiger partial charge >= 0.3 is 12.6 Å². The summed E-state index contributed by atoms with van der Waals surface area (Å²) in [6.45, 7) is -2.13. The molecule has 1 aromatic carbocycles. The maximum Gasteiger partial charge on any atom is 0.387 e. The molecule has 3 N–H and O–H groups in total. The lowest BCUT2D eigenvalue weighted by Gasteiger charge is -2.21. The summed E-state index contributed by atoms with van der Waals surface area (Å²) in [5.41, 5.74) is 1.93. The number of thiophene rings is 1. The number of H-pyrrole nitrogens is 1. The minimum absolute atomic E-state index is 0. The van der Waals surface area contributed by atoms with Gasteiger partial charge in [0.05, 0.1) is 12.3 Å². The van der Waals surface area contributed by atoms with Crippen molar-refractivity contribution in [3.63, 3.8) is 0 Å². The number of benzene rings is 1. The van der Waals surface area contributed by atoms with E-state index < -0.39 is 18.7 Å². The van der Waals surface area contributed by atoms with Crippen LogP contribution < -0.4 is 19.8 Å². The number of hydrogen-bond donors (Lipinski definition) is 1. The number of nitrogens with zero attached hydrogens (tertiary/aromatic N) is 1. The summed E-state index contributed by atoms with van der Waals surface area (Å²) in [5, 5.41) is 3.98. The van der Waals surface area contributed by atoms with Crippen molar-refractivity contribution in [2.75, 3.05) is 11.9 Å². The largest absolute Gasteiger partial charge is 0.870 e. The zero-order valence-corrected chi connectivity index (χ0v) is 24.4. The zero-order chi connectivity index (χ0) is 28.8.